The first kappa shape index (κ1) is 19.4. The molecule has 5 rings (SSSR count). The zero-order valence-corrected chi connectivity index (χ0v) is 18.2. The highest BCUT2D eigenvalue weighted by Gasteiger charge is 2.23. The average Bonchev–Trinajstić information content (AvgIpc) is 3.21. The summed E-state index contributed by atoms with van der Waals surface area (Å²) in [5.74, 6) is -0.0789. The fraction of sp³-hybridized carbons (Fsp3) is 0.115. The molecule has 5 aromatic rings. The maximum atomic E-state index is 13.7. The minimum atomic E-state index is -0.0789. The van der Waals surface area contributed by atoms with Crippen LogP contribution in [0.1, 0.15) is 27.2 Å². The van der Waals surface area contributed by atoms with Gasteiger partial charge in [-0.05, 0) is 66.1 Å². The van der Waals surface area contributed by atoms with Gasteiger partial charge in [0.1, 0.15) is 0 Å². The lowest BCUT2D eigenvalue weighted by atomic mass is 10.1. The molecule has 0 aliphatic heterocycles. The molecule has 0 unspecified atom stereocenters. The van der Waals surface area contributed by atoms with E-state index in [9.17, 15) is 4.79 Å². The molecule has 0 spiro atoms. The number of carbonyl (C=O) groups is 1. The number of aromatic nitrogens is 2. The number of rotatable bonds is 4. The smallest absolute Gasteiger partial charge is 0.260 e. The Hall–Kier alpha value is -3.57. The van der Waals surface area contributed by atoms with Crippen LogP contribution in [0.5, 0.6) is 0 Å². The monoisotopic (exact) mass is 423 g/mol. The molecule has 0 bridgehead atoms. The van der Waals surface area contributed by atoms with Crippen LogP contribution in [0.4, 0.5) is 5.13 Å². The summed E-state index contributed by atoms with van der Waals surface area (Å²) in [6.45, 7) is 4.52. The zero-order valence-electron chi connectivity index (χ0n) is 17.4. The minimum Gasteiger partial charge on any atom is -0.278 e. The van der Waals surface area contributed by atoms with Crippen LogP contribution in [-0.2, 0) is 6.54 Å². The van der Waals surface area contributed by atoms with Crippen LogP contribution in [0.15, 0.2) is 79.0 Å². The van der Waals surface area contributed by atoms with E-state index in [4.69, 9.17) is 4.98 Å². The molecule has 2 heterocycles. The van der Waals surface area contributed by atoms with Gasteiger partial charge in [-0.3, -0.25) is 14.7 Å². The Morgan fingerprint density at radius 2 is 1.74 bits per heavy atom. The summed E-state index contributed by atoms with van der Waals surface area (Å²) in [6.07, 6.45) is 1.75. The number of anilines is 1. The molecule has 0 atom stereocenters. The molecule has 4 nitrogen and oxygen atoms in total. The third kappa shape index (κ3) is 3.80. The molecule has 2 aromatic heterocycles. The van der Waals surface area contributed by atoms with Gasteiger partial charge in [0.25, 0.3) is 5.91 Å². The van der Waals surface area contributed by atoms with E-state index in [1.165, 1.54) is 11.1 Å². The topological polar surface area (TPSA) is 46.1 Å². The Balaban J connectivity index is 1.61. The molecule has 0 fully saturated rings. The van der Waals surface area contributed by atoms with Crippen molar-refractivity contribution in [1.82, 2.24) is 9.97 Å². The number of pyridine rings is 1. The fourth-order valence-corrected chi connectivity index (χ4v) is 4.85. The van der Waals surface area contributed by atoms with E-state index in [2.05, 4.69) is 31.0 Å². The van der Waals surface area contributed by atoms with Crippen LogP contribution in [0.25, 0.3) is 21.0 Å². The van der Waals surface area contributed by atoms with Crippen LogP contribution < -0.4 is 4.90 Å². The highest BCUT2D eigenvalue weighted by atomic mass is 32.1. The van der Waals surface area contributed by atoms with Crippen LogP contribution in [0.3, 0.4) is 0 Å². The van der Waals surface area contributed by atoms with Crippen molar-refractivity contribution >= 4 is 43.4 Å². The van der Waals surface area contributed by atoms with Gasteiger partial charge < -0.3 is 0 Å². The summed E-state index contributed by atoms with van der Waals surface area (Å²) in [4.78, 5) is 24.7. The van der Waals surface area contributed by atoms with Crippen LogP contribution in [-0.4, -0.2) is 15.9 Å². The van der Waals surface area contributed by atoms with Gasteiger partial charge in [-0.25, -0.2) is 4.98 Å². The second kappa shape index (κ2) is 7.93. The van der Waals surface area contributed by atoms with E-state index in [0.29, 0.717) is 17.2 Å². The first-order chi connectivity index (χ1) is 15.1. The number of aryl methyl sites for hydroxylation is 2. The highest BCUT2D eigenvalue weighted by Crippen LogP contribution is 2.33. The Morgan fingerprint density at radius 3 is 2.55 bits per heavy atom. The largest absolute Gasteiger partial charge is 0.278 e. The van der Waals surface area contributed by atoms with Crippen LogP contribution in [0.2, 0.25) is 0 Å². The predicted octanol–water partition coefficient (Wildman–Crippen LogP) is 6.31. The molecule has 3 aromatic carbocycles. The maximum absolute atomic E-state index is 13.7. The van der Waals surface area contributed by atoms with Gasteiger partial charge in [0.2, 0.25) is 0 Å². The lowest BCUT2D eigenvalue weighted by Gasteiger charge is -2.20. The summed E-state index contributed by atoms with van der Waals surface area (Å²) in [6, 6.07) is 23.9. The van der Waals surface area contributed by atoms with Crippen molar-refractivity contribution in [2.45, 2.75) is 20.4 Å². The molecule has 0 saturated heterocycles. The molecule has 5 heteroatoms. The average molecular weight is 424 g/mol. The Labute approximate surface area is 184 Å². The van der Waals surface area contributed by atoms with Gasteiger partial charge >= 0.3 is 0 Å². The Kier molecular flexibility index (Phi) is 4.96. The summed E-state index contributed by atoms with van der Waals surface area (Å²) in [7, 11) is 0. The summed E-state index contributed by atoms with van der Waals surface area (Å²) >= 11 is 1.55. The van der Waals surface area contributed by atoms with Gasteiger partial charge in [0, 0.05) is 11.8 Å². The quantitative estimate of drug-likeness (QED) is 0.340. The van der Waals surface area contributed by atoms with Crippen molar-refractivity contribution in [2.75, 3.05) is 4.90 Å². The van der Waals surface area contributed by atoms with E-state index < -0.39 is 0 Å². The summed E-state index contributed by atoms with van der Waals surface area (Å²) < 4.78 is 1.11. The van der Waals surface area contributed by atoms with E-state index in [0.717, 1.165) is 26.7 Å². The highest BCUT2D eigenvalue weighted by molar-refractivity contribution is 7.22. The number of carbonyl (C=O) groups excluding carboxylic acids is 1. The summed E-state index contributed by atoms with van der Waals surface area (Å²) in [5, 5.41) is 2.84. The van der Waals surface area contributed by atoms with Crippen molar-refractivity contribution in [2.24, 2.45) is 0 Å². The molecule has 0 aliphatic carbocycles. The third-order valence-electron chi connectivity index (χ3n) is 5.33. The standard InChI is InChI=1S/C26H21N3OS/c1-17-13-18(2)24-23(14-17)28-26(31-24)29(16-22-9-5-6-12-27-22)25(30)21-11-10-19-7-3-4-8-20(19)15-21/h3-15H,16H2,1-2H3. The maximum Gasteiger partial charge on any atom is 0.260 e. The van der Waals surface area contributed by atoms with Gasteiger partial charge in [-0.1, -0.05) is 53.8 Å². The van der Waals surface area contributed by atoms with Crippen LogP contribution in [0, 0.1) is 13.8 Å². The van der Waals surface area contributed by atoms with Crippen molar-refractivity contribution in [3.63, 3.8) is 0 Å². The SMILES string of the molecule is Cc1cc(C)c2sc(N(Cc3ccccn3)C(=O)c3ccc4ccccc4c3)nc2c1. The van der Waals surface area contributed by atoms with Crippen molar-refractivity contribution in [3.8, 4) is 0 Å². The molecule has 152 valence electrons. The van der Waals surface area contributed by atoms with Crippen molar-refractivity contribution in [1.29, 1.82) is 0 Å². The number of hydrogen-bond donors (Lipinski definition) is 0. The first-order valence-corrected chi connectivity index (χ1v) is 11.0. The third-order valence-corrected chi connectivity index (χ3v) is 6.56. The normalized spacial score (nSPS) is 11.2. The van der Waals surface area contributed by atoms with Crippen LogP contribution >= 0.6 is 11.3 Å². The molecule has 0 radical (unpaired) electrons. The van der Waals surface area contributed by atoms with E-state index in [-0.39, 0.29) is 5.91 Å². The van der Waals surface area contributed by atoms with E-state index in [1.807, 2.05) is 60.7 Å². The van der Waals surface area contributed by atoms with Gasteiger partial charge in [-0.2, -0.15) is 0 Å². The molecule has 0 saturated carbocycles. The first-order valence-electron chi connectivity index (χ1n) is 10.2. The number of fused-ring (bicyclic) bond motifs is 2. The fourth-order valence-electron chi connectivity index (χ4n) is 3.84. The number of hydrogen-bond acceptors (Lipinski definition) is 4. The van der Waals surface area contributed by atoms with Gasteiger partial charge in [0.15, 0.2) is 5.13 Å². The molecular formula is C26H21N3OS. The molecule has 0 aliphatic rings. The molecule has 31 heavy (non-hydrogen) atoms. The van der Waals surface area contributed by atoms with E-state index >= 15 is 0 Å². The lowest BCUT2D eigenvalue weighted by Crippen LogP contribution is -2.30. The number of amides is 1. The Bertz CT molecular complexity index is 1410. The minimum absolute atomic E-state index is 0.0789. The molecule has 0 N–H and O–H groups in total. The molecular weight excluding hydrogens is 402 g/mol. The number of benzene rings is 3. The second-order valence-corrected chi connectivity index (χ2v) is 8.68. The predicted molar refractivity (Wildman–Crippen MR) is 128 cm³/mol. The van der Waals surface area contributed by atoms with Gasteiger partial charge in [-0.15, -0.1) is 0 Å². The van der Waals surface area contributed by atoms with E-state index in [1.54, 1.807) is 22.4 Å². The summed E-state index contributed by atoms with van der Waals surface area (Å²) in [5.41, 5.74) is 4.73. The van der Waals surface area contributed by atoms with Crippen molar-refractivity contribution in [3.05, 3.63) is 101 Å². The second-order valence-electron chi connectivity index (χ2n) is 7.70. The number of nitrogens with zero attached hydrogens (tertiary/aromatic N) is 3. The number of thiazole rings is 1. The van der Waals surface area contributed by atoms with Gasteiger partial charge in [0.05, 0.1) is 22.5 Å². The van der Waals surface area contributed by atoms with Crippen molar-refractivity contribution < 1.29 is 4.79 Å². The zero-order chi connectivity index (χ0) is 21.4. The Morgan fingerprint density at radius 1 is 0.935 bits per heavy atom. The molecule has 1 amide bonds. The lowest BCUT2D eigenvalue weighted by molar-refractivity contribution is 0.0985.